The van der Waals surface area contributed by atoms with Crippen LogP contribution in [0.15, 0.2) is 72.8 Å². The molecule has 0 aliphatic rings. The van der Waals surface area contributed by atoms with Crippen molar-refractivity contribution >= 4 is 33.2 Å². The van der Waals surface area contributed by atoms with E-state index < -0.39 is 15.8 Å². The molecular weight excluding hydrogens is 467 g/mol. The van der Waals surface area contributed by atoms with Crippen LogP contribution in [0.3, 0.4) is 0 Å². The summed E-state index contributed by atoms with van der Waals surface area (Å²) in [7, 11) is -3.58. The Hall–Kier alpha value is -3.10. The summed E-state index contributed by atoms with van der Waals surface area (Å²) < 4.78 is 44.5. The summed E-state index contributed by atoms with van der Waals surface area (Å²) in [6.45, 7) is 1.73. The molecule has 1 amide bonds. The molecule has 1 N–H and O–H groups in total. The molecule has 0 spiro atoms. The van der Waals surface area contributed by atoms with Crippen molar-refractivity contribution in [3.05, 3.63) is 94.8 Å². The zero-order valence-electron chi connectivity index (χ0n) is 18.2. The van der Waals surface area contributed by atoms with E-state index >= 15 is 0 Å². The van der Waals surface area contributed by atoms with E-state index in [9.17, 15) is 17.6 Å². The van der Waals surface area contributed by atoms with Crippen LogP contribution in [-0.2, 0) is 21.4 Å². The number of nitrogens with one attached hydrogen (secondary N) is 1. The highest BCUT2D eigenvalue weighted by Crippen LogP contribution is 2.24. The first kappa shape index (κ1) is 24.5. The predicted molar refractivity (Wildman–Crippen MR) is 127 cm³/mol. The lowest BCUT2D eigenvalue weighted by molar-refractivity contribution is -0.123. The number of hydrogen-bond donors (Lipinski definition) is 1. The number of anilines is 1. The highest BCUT2D eigenvalue weighted by molar-refractivity contribution is 7.92. The Morgan fingerprint density at radius 1 is 1.03 bits per heavy atom. The lowest BCUT2D eigenvalue weighted by Gasteiger charge is -2.23. The maximum atomic E-state index is 13.1. The third kappa shape index (κ3) is 7.20. The van der Waals surface area contributed by atoms with Crippen molar-refractivity contribution in [2.24, 2.45) is 0 Å². The first-order valence-corrected chi connectivity index (χ1v) is 12.3. The number of hydrogen-bond acceptors (Lipinski definition) is 4. The van der Waals surface area contributed by atoms with E-state index in [1.165, 1.54) is 28.6 Å². The number of benzene rings is 3. The van der Waals surface area contributed by atoms with Gasteiger partial charge in [-0.15, -0.1) is 0 Å². The fourth-order valence-corrected chi connectivity index (χ4v) is 4.15. The molecule has 3 aromatic rings. The third-order valence-electron chi connectivity index (χ3n) is 4.88. The van der Waals surface area contributed by atoms with Gasteiger partial charge in [-0.2, -0.15) is 0 Å². The van der Waals surface area contributed by atoms with Crippen molar-refractivity contribution in [3.8, 4) is 5.75 Å². The van der Waals surface area contributed by atoms with Gasteiger partial charge in [-0.05, 0) is 66.6 Å². The second-order valence-electron chi connectivity index (χ2n) is 7.52. The maximum Gasteiger partial charge on any atom is 0.258 e. The second kappa shape index (κ2) is 10.7. The number of sulfonamides is 1. The van der Waals surface area contributed by atoms with Gasteiger partial charge in [-0.1, -0.05) is 35.9 Å². The molecule has 0 heterocycles. The van der Waals surface area contributed by atoms with Crippen molar-refractivity contribution in [1.29, 1.82) is 0 Å². The molecule has 33 heavy (non-hydrogen) atoms. The van der Waals surface area contributed by atoms with Crippen molar-refractivity contribution in [2.75, 3.05) is 17.2 Å². The highest BCUT2D eigenvalue weighted by Gasteiger charge is 2.18. The number of amides is 1. The van der Waals surface area contributed by atoms with E-state index in [2.05, 4.69) is 5.32 Å². The SMILES string of the molecule is C[C@@H](NC(=O)COc1ccc(N(Cc2ccc(F)cc2)S(C)(=O)=O)cc1)c1ccc(Cl)cc1. The number of halogens is 2. The average Bonchev–Trinajstić information content (AvgIpc) is 2.77. The van der Waals surface area contributed by atoms with Crippen LogP contribution < -0.4 is 14.4 Å². The fourth-order valence-electron chi connectivity index (χ4n) is 3.13. The number of carbonyl (C=O) groups excluding carboxylic acids is 1. The molecule has 0 aromatic heterocycles. The molecule has 3 rings (SSSR count). The topological polar surface area (TPSA) is 75.7 Å². The van der Waals surface area contributed by atoms with E-state index in [-0.39, 0.29) is 25.1 Å². The average molecular weight is 491 g/mol. The van der Waals surface area contributed by atoms with Crippen LogP contribution in [0, 0.1) is 5.82 Å². The summed E-state index contributed by atoms with van der Waals surface area (Å²) in [6, 6.07) is 19.0. The number of nitrogens with zero attached hydrogens (tertiary/aromatic N) is 1. The maximum absolute atomic E-state index is 13.1. The monoisotopic (exact) mass is 490 g/mol. The van der Waals surface area contributed by atoms with E-state index in [0.29, 0.717) is 22.0 Å². The molecule has 3 aromatic carbocycles. The molecule has 0 saturated carbocycles. The molecular formula is C24H24ClFN2O4S. The van der Waals surface area contributed by atoms with Crippen molar-refractivity contribution in [3.63, 3.8) is 0 Å². The summed E-state index contributed by atoms with van der Waals surface area (Å²) >= 11 is 5.88. The number of rotatable bonds is 9. The predicted octanol–water partition coefficient (Wildman–Crippen LogP) is 4.70. The van der Waals surface area contributed by atoms with Crippen molar-refractivity contribution in [1.82, 2.24) is 5.32 Å². The Morgan fingerprint density at radius 3 is 2.21 bits per heavy atom. The second-order valence-corrected chi connectivity index (χ2v) is 9.86. The summed E-state index contributed by atoms with van der Waals surface area (Å²) in [5.41, 5.74) is 1.99. The normalized spacial score (nSPS) is 12.1. The summed E-state index contributed by atoms with van der Waals surface area (Å²) in [4.78, 5) is 12.2. The van der Waals surface area contributed by atoms with Gasteiger partial charge in [0.05, 0.1) is 24.5 Å². The van der Waals surface area contributed by atoms with Gasteiger partial charge in [-0.3, -0.25) is 9.10 Å². The Balaban J connectivity index is 1.60. The fraction of sp³-hybridized carbons (Fsp3) is 0.208. The van der Waals surface area contributed by atoms with Crippen LogP contribution in [0.1, 0.15) is 24.1 Å². The molecule has 0 unspecified atom stereocenters. The van der Waals surface area contributed by atoms with E-state index in [0.717, 1.165) is 11.8 Å². The molecule has 0 aliphatic carbocycles. The van der Waals surface area contributed by atoms with E-state index in [1.807, 2.05) is 19.1 Å². The van der Waals surface area contributed by atoms with Gasteiger partial charge in [0, 0.05) is 5.02 Å². The molecule has 0 saturated heterocycles. The van der Waals surface area contributed by atoms with Gasteiger partial charge < -0.3 is 10.1 Å². The minimum Gasteiger partial charge on any atom is -0.484 e. The molecule has 9 heteroatoms. The summed E-state index contributed by atoms with van der Waals surface area (Å²) in [5, 5.41) is 3.47. The van der Waals surface area contributed by atoms with Crippen molar-refractivity contribution < 1.29 is 22.3 Å². The lowest BCUT2D eigenvalue weighted by atomic mass is 10.1. The van der Waals surface area contributed by atoms with Gasteiger partial charge in [0.2, 0.25) is 10.0 Å². The Morgan fingerprint density at radius 2 is 1.64 bits per heavy atom. The number of carbonyl (C=O) groups is 1. The first-order valence-electron chi connectivity index (χ1n) is 10.1. The minimum atomic E-state index is -3.58. The summed E-state index contributed by atoms with van der Waals surface area (Å²) in [6.07, 6.45) is 1.10. The number of ether oxygens (including phenoxy) is 1. The van der Waals surface area contributed by atoms with Gasteiger partial charge in [0.15, 0.2) is 6.61 Å². The molecule has 6 nitrogen and oxygen atoms in total. The molecule has 0 radical (unpaired) electrons. The van der Waals surface area contributed by atoms with Gasteiger partial charge in [0.1, 0.15) is 11.6 Å². The standard InChI is InChI=1S/C24H24ClFN2O4S/c1-17(19-5-7-20(25)8-6-19)27-24(29)16-32-23-13-11-22(12-14-23)28(33(2,30)31)15-18-3-9-21(26)10-4-18/h3-14,17H,15-16H2,1-2H3,(H,27,29)/t17-/m1/s1. The van der Waals surface area contributed by atoms with E-state index in [1.54, 1.807) is 36.4 Å². The zero-order valence-corrected chi connectivity index (χ0v) is 19.7. The molecule has 0 bridgehead atoms. The largest absolute Gasteiger partial charge is 0.484 e. The Labute approximate surface area is 198 Å². The van der Waals surface area contributed by atoms with Gasteiger partial charge in [-0.25, -0.2) is 12.8 Å². The summed E-state index contributed by atoms with van der Waals surface area (Å²) in [5.74, 6) is -0.267. The van der Waals surface area contributed by atoms with Crippen LogP contribution in [-0.4, -0.2) is 27.2 Å². The lowest BCUT2D eigenvalue weighted by Crippen LogP contribution is -2.31. The van der Waals surface area contributed by atoms with Gasteiger partial charge >= 0.3 is 0 Å². The van der Waals surface area contributed by atoms with Crippen molar-refractivity contribution in [2.45, 2.75) is 19.5 Å². The molecule has 174 valence electrons. The highest BCUT2D eigenvalue weighted by atomic mass is 35.5. The Kier molecular flexibility index (Phi) is 7.94. The van der Waals surface area contributed by atoms with Crippen LogP contribution in [0.4, 0.5) is 10.1 Å². The van der Waals surface area contributed by atoms with E-state index in [4.69, 9.17) is 16.3 Å². The van der Waals surface area contributed by atoms with Gasteiger partial charge in [0.25, 0.3) is 5.91 Å². The van der Waals surface area contributed by atoms with Crippen LogP contribution in [0.5, 0.6) is 5.75 Å². The smallest absolute Gasteiger partial charge is 0.258 e. The molecule has 1 atom stereocenters. The van der Waals surface area contributed by atoms with Crippen LogP contribution in [0.2, 0.25) is 5.02 Å². The van der Waals surface area contributed by atoms with Crippen LogP contribution in [0.25, 0.3) is 0 Å². The quantitative estimate of drug-likeness (QED) is 0.471. The molecule has 0 aliphatic heterocycles. The Bertz CT molecular complexity index is 1180. The third-order valence-corrected chi connectivity index (χ3v) is 6.27. The minimum absolute atomic E-state index is 0.0598. The van der Waals surface area contributed by atoms with Crippen LogP contribution >= 0.6 is 11.6 Å². The zero-order chi connectivity index (χ0) is 24.0. The first-order chi connectivity index (χ1) is 15.6. The molecule has 0 fully saturated rings.